The second-order valence-electron chi connectivity index (χ2n) is 5.36. The highest BCUT2D eigenvalue weighted by Crippen LogP contribution is 2.29. The van der Waals surface area contributed by atoms with Crippen molar-refractivity contribution < 1.29 is 22.7 Å². The molecule has 0 radical (unpaired) electrons. The van der Waals surface area contributed by atoms with Gasteiger partial charge in [0, 0.05) is 10.6 Å². The molecule has 0 saturated carbocycles. The molecule has 3 nitrogen and oxygen atoms in total. The lowest BCUT2D eigenvalue weighted by molar-refractivity contribution is -0.137. The minimum absolute atomic E-state index is 0.00190. The highest BCUT2D eigenvalue weighted by molar-refractivity contribution is 6.31. The molecule has 0 aromatic heterocycles. The van der Waals surface area contributed by atoms with Gasteiger partial charge in [0.2, 0.25) is 0 Å². The Morgan fingerprint density at radius 2 is 2.00 bits per heavy atom. The van der Waals surface area contributed by atoms with E-state index in [0.717, 1.165) is 17.7 Å². The summed E-state index contributed by atoms with van der Waals surface area (Å²) in [5.74, 6) is 5.30. The van der Waals surface area contributed by atoms with Crippen LogP contribution in [0.15, 0.2) is 42.5 Å². The van der Waals surface area contributed by atoms with E-state index in [2.05, 4.69) is 17.2 Å². The van der Waals surface area contributed by atoms with Crippen molar-refractivity contribution in [2.45, 2.75) is 13.1 Å². The smallest absolute Gasteiger partial charge is 0.416 e. The molecular weight excluding hydrogens is 367 g/mol. The number of hydrogen-bond acceptors (Lipinski definition) is 2. The number of aryl methyl sites for hydroxylation is 1. The van der Waals surface area contributed by atoms with Crippen molar-refractivity contribution in [3.05, 3.63) is 64.2 Å². The summed E-state index contributed by atoms with van der Waals surface area (Å²) in [4.78, 5) is 11.7. The van der Waals surface area contributed by atoms with Crippen LogP contribution in [0.4, 0.5) is 13.2 Å². The van der Waals surface area contributed by atoms with Gasteiger partial charge in [-0.1, -0.05) is 29.5 Å². The Labute approximate surface area is 154 Å². The van der Waals surface area contributed by atoms with Crippen LogP contribution >= 0.6 is 11.6 Å². The molecule has 2 aromatic carbocycles. The van der Waals surface area contributed by atoms with Crippen molar-refractivity contribution in [3.8, 4) is 17.6 Å². The molecule has 0 aliphatic carbocycles. The lowest BCUT2D eigenvalue weighted by Gasteiger charge is -2.07. The first-order valence-electron chi connectivity index (χ1n) is 7.57. The molecule has 0 bridgehead atoms. The molecular formula is C19H15ClF3NO2. The van der Waals surface area contributed by atoms with Crippen LogP contribution in [0.5, 0.6) is 5.75 Å². The first kappa shape index (κ1) is 19.7. The molecule has 7 heteroatoms. The van der Waals surface area contributed by atoms with Crippen LogP contribution in [-0.4, -0.2) is 19.1 Å². The topological polar surface area (TPSA) is 38.3 Å². The van der Waals surface area contributed by atoms with Gasteiger partial charge in [0.15, 0.2) is 6.61 Å². The zero-order valence-electron chi connectivity index (χ0n) is 13.8. The number of hydrogen-bond donors (Lipinski definition) is 1. The van der Waals surface area contributed by atoms with E-state index in [4.69, 9.17) is 16.3 Å². The van der Waals surface area contributed by atoms with Gasteiger partial charge in [-0.3, -0.25) is 4.79 Å². The number of nitrogens with one attached hydrogen (secondary N) is 1. The molecule has 136 valence electrons. The zero-order valence-corrected chi connectivity index (χ0v) is 14.5. The first-order valence-corrected chi connectivity index (χ1v) is 7.95. The fourth-order valence-corrected chi connectivity index (χ4v) is 2.09. The number of alkyl halides is 3. The van der Waals surface area contributed by atoms with Crippen molar-refractivity contribution in [2.24, 2.45) is 0 Å². The van der Waals surface area contributed by atoms with Crippen molar-refractivity contribution in [3.63, 3.8) is 0 Å². The van der Waals surface area contributed by atoms with E-state index in [1.54, 1.807) is 18.2 Å². The summed E-state index contributed by atoms with van der Waals surface area (Å²) in [7, 11) is 0. The number of carbonyl (C=O) groups excluding carboxylic acids is 1. The van der Waals surface area contributed by atoms with Crippen molar-refractivity contribution in [1.82, 2.24) is 5.32 Å². The third-order valence-corrected chi connectivity index (χ3v) is 3.72. The Kier molecular flexibility index (Phi) is 6.53. The van der Waals surface area contributed by atoms with E-state index in [9.17, 15) is 18.0 Å². The van der Waals surface area contributed by atoms with Crippen LogP contribution in [0.25, 0.3) is 0 Å². The maximum Gasteiger partial charge on any atom is 0.416 e. The number of halogens is 4. The molecule has 0 aliphatic heterocycles. The molecule has 1 N–H and O–H groups in total. The predicted molar refractivity (Wildman–Crippen MR) is 93.0 cm³/mol. The number of carbonyl (C=O) groups is 1. The summed E-state index contributed by atoms with van der Waals surface area (Å²) >= 11 is 5.90. The Morgan fingerprint density at radius 3 is 2.69 bits per heavy atom. The molecule has 0 fully saturated rings. The van der Waals surface area contributed by atoms with Gasteiger partial charge in [0.1, 0.15) is 5.75 Å². The summed E-state index contributed by atoms with van der Waals surface area (Å²) in [6, 6.07) is 9.72. The fourth-order valence-electron chi connectivity index (χ4n) is 1.97. The molecule has 0 saturated heterocycles. The molecule has 26 heavy (non-hydrogen) atoms. The van der Waals surface area contributed by atoms with Crippen molar-refractivity contribution in [1.29, 1.82) is 0 Å². The number of rotatable bonds is 4. The van der Waals surface area contributed by atoms with Crippen molar-refractivity contribution >= 4 is 17.5 Å². The standard InChI is InChI=1S/C19H15ClF3NO2/c1-13-10-16(7-8-17(13)20)26-12-18(25)24-9-3-5-14-4-2-6-15(11-14)19(21,22)23/h2,4,6-8,10-11H,9,12H2,1H3,(H,24,25). The minimum atomic E-state index is -4.41. The number of benzene rings is 2. The fraction of sp³-hybridized carbons (Fsp3) is 0.211. The molecule has 1 amide bonds. The van der Waals surface area contributed by atoms with Gasteiger partial charge in [0.25, 0.3) is 5.91 Å². The molecule has 0 heterocycles. The molecule has 0 spiro atoms. The highest BCUT2D eigenvalue weighted by atomic mass is 35.5. The van der Waals surface area contributed by atoms with E-state index < -0.39 is 17.6 Å². The first-order chi connectivity index (χ1) is 12.3. The predicted octanol–water partition coefficient (Wildman–Crippen LogP) is 4.21. The Bertz CT molecular complexity index is 854. The van der Waals surface area contributed by atoms with Crippen molar-refractivity contribution in [2.75, 3.05) is 13.2 Å². The number of ether oxygens (including phenoxy) is 1. The summed E-state index contributed by atoms with van der Waals surface area (Å²) in [5.41, 5.74) is 0.290. The summed E-state index contributed by atoms with van der Waals surface area (Å²) in [6.45, 7) is 1.61. The summed E-state index contributed by atoms with van der Waals surface area (Å²) in [6.07, 6.45) is -4.41. The maximum absolute atomic E-state index is 12.6. The maximum atomic E-state index is 12.6. The van der Waals surface area contributed by atoms with E-state index >= 15 is 0 Å². The molecule has 0 unspecified atom stereocenters. The van der Waals surface area contributed by atoms with Gasteiger partial charge >= 0.3 is 6.18 Å². The SMILES string of the molecule is Cc1cc(OCC(=O)NCC#Cc2cccc(C(F)(F)F)c2)ccc1Cl. The largest absolute Gasteiger partial charge is 0.484 e. The zero-order chi connectivity index (χ0) is 19.2. The van der Waals surface area contributed by atoms with Crippen LogP contribution in [0.3, 0.4) is 0 Å². The Hall–Kier alpha value is -2.65. The Balaban J connectivity index is 1.82. The normalized spacial score (nSPS) is 10.7. The van der Waals surface area contributed by atoms with Crippen LogP contribution in [0, 0.1) is 18.8 Å². The monoisotopic (exact) mass is 381 g/mol. The lowest BCUT2D eigenvalue weighted by atomic mass is 10.1. The second-order valence-corrected chi connectivity index (χ2v) is 5.76. The third-order valence-electron chi connectivity index (χ3n) is 3.30. The van der Waals surface area contributed by atoms with Gasteiger partial charge in [-0.2, -0.15) is 13.2 Å². The third kappa shape index (κ3) is 6.01. The van der Waals surface area contributed by atoms with Crippen LogP contribution < -0.4 is 10.1 Å². The lowest BCUT2D eigenvalue weighted by Crippen LogP contribution is -2.29. The van der Waals surface area contributed by atoms with Crippen LogP contribution in [-0.2, 0) is 11.0 Å². The van der Waals surface area contributed by atoms with Crippen LogP contribution in [0.2, 0.25) is 5.02 Å². The Morgan fingerprint density at radius 1 is 1.23 bits per heavy atom. The van der Waals surface area contributed by atoms with Crippen LogP contribution in [0.1, 0.15) is 16.7 Å². The minimum Gasteiger partial charge on any atom is -0.484 e. The summed E-state index contributed by atoms with van der Waals surface area (Å²) < 4.78 is 43.2. The molecule has 0 atom stereocenters. The quantitative estimate of drug-likeness (QED) is 0.805. The van der Waals surface area contributed by atoms with Gasteiger partial charge < -0.3 is 10.1 Å². The van der Waals surface area contributed by atoms with E-state index in [1.807, 2.05) is 6.92 Å². The molecule has 2 rings (SSSR count). The van der Waals surface area contributed by atoms with E-state index in [-0.39, 0.29) is 18.7 Å². The van der Waals surface area contributed by atoms with Gasteiger partial charge in [-0.15, -0.1) is 0 Å². The van der Waals surface area contributed by atoms with Gasteiger partial charge in [0.05, 0.1) is 12.1 Å². The van der Waals surface area contributed by atoms with E-state index in [0.29, 0.717) is 10.8 Å². The summed E-state index contributed by atoms with van der Waals surface area (Å²) in [5, 5.41) is 3.11. The number of amides is 1. The highest BCUT2D eigenvalue weighted by Gasteiger charge is 2.30. The molecule has 0 aliphatic rings. The van der Waals surface area contributed by atoms with Gasteiger partial charge in [-0.05, 0) is 48.9 Å². The average Bonchev–Trinajstić information content (AvgIpc) is 2.59. The van der Waals surface area contributed by atoms with E-state index in [1.165, 1.54) is 12.1 Å². The average molecular weight is 382 g/mol. The second kappa shape index (κ2) is 8.63. The molecule has 2 aromatic rings. The van der Waals surface area contributed by atoms with Gasteiger partial charge in [-0.25, -0.2) is 0 Å².